The molecular weight excluding hydrogens is 242 g/mol. The highest BCUT2D eigenvalue weighted by Gasteiger charge is 2.06. The highest BCUT2D eigenvalue weighted by Crippen LogP contribution is 2.10. The van der Waals surface area contributed by atoms with Crippen LogP contribution in [-0.4, -0.2) is 43.9 Å². The van der Waals surface area contributed by atoms with Gasteiger partial charge in [-0.15, -0.1) is 0 Å². The summed E-state index contributed by atoms with van der Waals surface area (Å²) in [7, 11) is 3.41. The van der Waals surface area contributed by atoms with Crippen molar-refractivity contribution in [3.63, 3.8) is 0 Å². The van der Waals surface area contributed by atoms with E-state index in [4.69, 9.17) is 0 Å². The number of nitrogens with one attached hydrogen (secondary N) is 2. The maximum atomic E-state index is 11.8. The maximum absolute atomic E-state index is 11.8. The third-order valence-electron chi connectivity index (χ3n) is 2.60. The summed E-state index contributed by atoms with van der Waals surface area (Å²) < 4.78 is 0. The molecule has 1 rings (SSSR count). The molecule has 19 heavy (non-hydrogen) atoms. The fourth-order valence-corrected chi connectivity index (χ4v) is 1.45. The van der Waals surface area contributed by atoms with Crippen molar-refractivity contribution >= 4 is 17.5 Å². The van der Waals surface area contributed by atoms with Gasteiger partial charge in [0.2, 0.25) is 5.91 Å². The lowest BCUT2D eigenvalue weighted by atomic mass is 10.2. The van der Waals surface area contributed by atoms with E-state index in [0.29, 0.717) is 12.1 Å². The van der Waals surface area contributed by atoms with Gasteiger partial charge in [0.05, 0.1) is 6.54 Å². The summed E-state index contributed by atoms with van der Waals surface area (Å²) in [6, 6.07) is 7.13. The number of hydrogen-bond donors (Lipinski definition) is 2. The van der Waals surface area contributed by atoms with Gasteiger partial charge in [0.1, 0.15) is 0 Å². The quantitative estimate of drug-likeness (QED) is 0.814. The number of anilines is 1. The Kier molecular flexibility index (Phi) is 5.85. The lowest BCUT2D eigenvalue weighted by molar-refractivity contribution is -0.126. The Morgan fingerprint density at radius 3 is 2.63 bits per heavy atom. The van der Waals surface area contributed by atoms with E-state index in [2.05, 4.69) is 10.6 Å². The monoisotopic (exact) mass is 263 g/mol. The molecule has 0 bridgehead atoms. The molecule has 1 aromatic rings. The Hall–Kier alpha value is -2.04. The Morgan fingerprint density at radius 1 is 1.26 bits per heavy atom. The van der Waals surface area contributed by atoms with Crippen molar-refractivity contribution in [2.75, 3.05) is 32.5 Å². The number of carbonyl (C=O) groups is 2. The van der Waals surface area contributed by atoms with Crippen LogP contribution >= 0.6 is 0 Å². The first kappa shape index (κ1) is 15.0. The molecule has 0 fully saturated rings. The molecule has 5 heteroatoms. The van der Waals surface area contributed by atoms with Gasteiger partial charge < -0.3 is 15.5 Å². The van der Waals surface area contributed by atoms with Gasteiger partial charge in [0.15, 0.2) is 0 Å². The number of rotatable bonds is 6. The highest BCUT2D eigenvalue weighted by atomic mass is 16.2. The number of likely N-dealkylation sites (N-methyl/N-ethyl adjacent to an activating group) is 1. The summed E-state index contributed by atoms with van der Waals surface area (Å²) in [6.45, 7) is 2.88. The van der Waals surface area contributed by atoms with Gasteiger partial charge >= 0.3 is 0 Å². The van der Waals surface area contributed by atoms with Crippen molar-refractivity contribution in [1.29, 1.82) is 0 Å². The van der Waals surface area contributed by atoms with Crippen LogP contribution in [0, 0.1) is 0 Å². The molecule has 5 nitrogen and oxygen atoms in total. The maximum Gasteiger partial charge on any atom is 0.251 e. The normalized spacial score (nSPS) is 9.84. The van der Waals surface area contributed by atoms with E-state index in [-0.39, 0.29) is 18.4 Å². The van der Waals surface area contributed by atoms with Gasteiger partial charge in [-0.05, 0) is 24.6 Å². The second-order valence-electron chi connectivity index (χ2n) is 4.48. The SMILES string of the molecule is CCCNC(=O)c1cccc(NCC(=O)N(C)C)c1. The van der Waals surface area contributed by atoms with Crippen LogP contribution in [0.1, 0.15) is 23.7 Å². The fourth-order valence-electron chi connectivity index (χ4n) is 1.45. The van der Waals surface area contributed by atoms with Gasteiger partial charge in [-0.25, -0.2) is 0 Å². The van der Waals surface area contributed by atoms with E-state index in [1.807, 2.05) is 13.0 Å². The van der Waals surface area contributed by atoms with Gasteiger partial charge in [-0.2, -0.15) is 0 Å². The van der Waals surface area contributed by atoms with Gasteiger partial charge in [0.25, 0.3) is 5.91 Å². The zero-order chi connectivity index (χ0) is 14.3. The molecule has 0 saturated heterocycles. The first-order valence-corrected chi connectivity index (χ1v) is 6.37. The summed E-state index contributed by atoms with van der Waals surface area (Å²) in [6.07, 6.45) is 0.904. The first-order valence-electron chi connectivity index (χ1n) is 6.37. The Bertz CT molecular complexity index is 444. The molecular formula is C14H21N3O2. The van der Waals surface area contributed by atoms with E-state index in [1.54, 1.807) is 32.3 Å². The molecule has 0 atom stereocenters. The summed E-state index contributed by atoms with van der Waals surface area (Å²) in [5.41, 5.74) is 1.36. The standard InChI is InChI=1S/C14H21N3O2/c1-4-8-15-14(19)11-6-5-7-12(9-11)16-10-13(18)17(2)3/h5-7,9,16H,4,8,10H2,1-3H3,(H,15,19). The Morgan fingerprint density at radius 2 is 2.00 bits per heavy atom. The molecule has 0 saturated carbocycles. The summed E-state index contributed by atoms with van der Waals surface area (Å²) in [5, 5.41) is 5.82. The van der Waals surface area contributed by atoms with Crippen molar-refractivity contribution in [1.82, 2.24) is 10.2 Å². The van der Waals surface area contributed by atoms with Gasteiger partial charge in [-0.1, -0.05) is 13.0 Å². The van der Waals surface area contributed by atoms with E-state index < -0.39 is 0 Å². The minimum atomic E-state index is -0.0931. The van der Waals surface area contributed by atoms with Crippen LogP contribution in [0.25, 0.3) is 0 Å². The van der Waals surface area contributed by atoms with Crippen molar-refractivity contribution in [2.24, 2.45) is 0 Å². The largest absolute Gasteiger partial charge is 0.376 e. The van der Waals surface area contributed by atoms with E-state index in [0.717, 1.165) is 12.1 Å². The number of hydrogen-bond acceptors (Lipinski definition) is 3. The van der Waals surface area contributed by atoms with Crippen molar-refractivity contribution < 1.29 is 9.59 Å². The second-order valence-corrected chi connectivity index (χ2v) is 4.48. The van der Waals surface area contributed by atoms with Crippen LogP contribution in [0.2, 0.25) is 0 Å². The molecule has 0 heterocycles. The minimum absolute atomic E-state index is 0.0131. The van der Waals surface area contributed by atoms with Crippen LogP contribution in [0.5, 0.6) is 0 Å². The molecule has 2 N–H and O–H groups in total. The van der Waals surface area contributed by atoms with Crippen LogP contribution in [0.15, 0.2) is 24.3 Å². The summed E-state index contributed by atoms with van der Waals surface area (Å²) in [4.78, 5) is 24.8. The summed E-state index contributed by atoms with van der Waals surface area (Å²) >= 11 is 0. The Balaban J connectivity index is 2.61. The van der Waals surface area contributed by atoms with Crippen LogP contribution in [-0.2, 0) is 4.79 Å². The van der Waals surface area contributed by atoms with Gasteiger partial charge in [0, 0.05) is 31.9 Å². The number of nitrogens with zero attached hydrogens (tertiary/aromatic N) is 1. The van der Waals surface area contributed by atoms with Crippen LogP contribution in [0.4, 0.5) is 5.69 Å². The number of benzene rings is 1. The molecule has 0 unspecified atom stereocenters. The molecule has 0 radical (unpaired) electrons. The highest BCUT2D eigenvalue weighted by molar-refractivity contribution is 5.95. The Labute approximate surface area is 114 Å². The molecule has 0 aliphatic heterocycles. The van der Waals surface area contributed by atoms with Crippen LogP contribution in [0.3, 0.4) is 0 Å². The third-order valence-corrected chi connectivity index (χ3v) is 2.60. The topological polar surface area (TPSA) is 61.4 Å². The smallest absolute Gasteiger partial charge is 0.251 e. The zero-order valence-electron chi connectivity index (χ0n) is 11.7. The van der Waals surface area contributed by atoms with Crippen molar-refractivity contribution in [2.45, 2.75) is 13.3 Å². The lowest BCUT2D eigenvalue weighted by Crippen LogP contribution is -2.28. The summed E-state index contributed by atoms with van der Waals surface area (Å²) in [5.74, 6) is -0.106. The van der Waals surface area contributed by atoms with E-state index >= 15 is 0 Å². The molecule has 2 amide bonds. The van der Waals surface area contributed by atoms with E-state index in [1.165, 1.54) is 4.90 Å². The molecule has 0 aromatic heterocycles. The van der Waals surface area contributed by atoms with E-state index in [9.17, 15) is 9.59 Å². The minimum Gasteiger partial charge on any atom is -0.376 e. The molecule has 104 valence electrons. The molecule has 0 aliphatic carbocycles. The average molecular weight is 263 g/mol. The number of carbonyl (C=O) groups excluding carboxylic acids is 2. The van der Waals surface area contributed by atoms with Crippen molar-refractivity contribution in [3.8, 4) is 0 Å². The predicted octanol–water partition coefficient (Wildman–Crippen LogP) is 1.33. The van der Waals surface area contributed by atoms with Gasteiger partial charge in [-0.3, -0.25) is 9.59 Å². The predicted molar refractivity (Wildman–Crippen MR) is 76.2 cm³/mol. The second kappa shape index (κ2) is 7.41. The molecule has 1 aromatic carbocycles. The zero-order valence-corrected chi connectivity index (χ0v) is 11.7. The fraction of sp³-hybridized carbons (Fsp3) is 0.429. The lowest BCUT2D eigenvalue weighted by Gasteiger charge is -2.12. The molecule has 0 spiro atoms. The molecule has 0 aliphatic rings. The first-order chi connectivity index (χ1) is 9.04. The van der Waals surface area contributed by atoms with Crippen molar-refractivity contribution in [3.05, 3.63) is 29.8 Å². The average Bonchev–Trinajstić information content (AvgIpc) is 2.42. The van der Waals surface area contributed by atoms with Crippen LogP contribution < -0.4 is 10.6 Å². The third kappa shape index (κ3) is 4.99. The number of amides is 2.